The Bertz CT molecular complexity index is 546. The molecule has 2 heterocycles. The summed E-state index contributed by atoms with van der Waals surface area (Å²) in [6.45, 7) is 0. The van der Waals surface area contributed by atoms with Crippen LogP contribution in [0, 0.1) is 0 Å². The maximum absolute atomic E-state index is 11.8. The largest absolute Gasteiger partial charge is 0.305 e. The van der Waals surface area contributed by atoms with Gasteiger partial charge in [0, 0.05) is 11.8 Å². The number of nitrogens with one attached hydrogen (secondary N) is 1. The van der Waals surface area contributed by atoms with Gasteiger partial charge in [-0.1, -0.05) is 11.6 Å². The number of halogens is 2. The first kappa shape index (κ1) is 11.9. The van der Waals surface area contributed by atoms with Crippen molar-refractivity contribution in [3.05, 3.63) is 46.0 Å². The molecule has 0 fully saturated rings. The molecule has 2 aromatic heterocycles. The van der Waals surface area contributed by atoms with Crippen molar-refractivity contribution < 1.29 is 4.79 Å². The molecule has 86 valence electrons. The minimum atomic E-state index is -0.314. The molecule has 7 heteroatoms. The first-order chi connectivity index (χ1) is 8.15. The van der Waals surface area contributed by atoms with Crippen LogP contribution < -0.4 is 5.32 Å². The van der Waals surface area contributed by atoms with Crippen LogP contribution in [0.4, 0.5) is 5.82 Å². The summed E-state index contributed by atoms with van der Waals surface area (Å²) in [6, 6.07) is 3.04. The molecular formula is C10H6BrClN4O. The predicted octanol–water partition coefficient (Wildman–Crippen LogP) is 2.54. The second-order valence-corrected chi connectivity index (χ2v) is 4.25. The Morgan fingerprint density at radius 1 is 1.29 bits per heavy atom. The highest BCUT2D eigenvalue weighted by Gasteiger charge is 2.07. The average Bonchev–Trinajstić information content (AvgIpc) is 2.32. The lowest BCUT2D eigenvalue weighted by atomic mass is 10.2. The summed E-state index contributed by atoms with van der Waals surface area (Å²) < 4.78 is 0.599. The SMILES string of the molecule is O=C(Nc1cnc(Br)cn1)c1ccnc(Cl)c1. The number of aromatic nitrogens is 3. The number of amides is 1. The maximum Gasteiger partial charge on any atom is 0.257 e. The maximum atomic E-state index is 11.8. The van der Waals surface area contributed by atoms with Crippen LogP contribution in [0.25, 0.3) is 0 Å². The predicted molar refractivity (Wildman–Crippen MR) is 66.9 cm³/mol. The van der Waals surface area contributed by atoms with E-state index in [0.29, 0.717) is 16.0 Å². The number of rotatable bonds is 2. The molecule has 0 saturated carbocycles. The number of hydrogen-bond donors (Lipinski definition) is 1. The molecule has 0 aliphatic rings. The Labute approximate surface area is 110 Å². The van der Waals surface area contributed by atoms with Crippen LogP contribution in [-0.4, -0.2) is 20.9 Å². The third kappa shape index (κ3) is 3.21. The number of carbonyl (C=O) groups is 1. The zero-order valence-electron chi connectivity index (χ0n) is 8.39. The van der Waals surface area contributed by atoms with E-state index in [9.17, 15) is 4.79 Å². The van der Waals surface area contributed by atoms with E-state index in [2.05, 4.69) is 36.2 Å². The van der Waals surface area contributed by atoms with Crippen LogP contribution in [0.15, 0.2) is 35.3 Å². The Morgan fingerprint density at radius 2 is 2.12 bits per heavy atom. The highest BCUT2D eigenvalue weighted by atomic mass is 79.9. The molecule has 0 aromatic carbocycles. The Hall–Kier alpha value is -1.53. The second kappa shape index (κ2) is 5.20. The lowest BCUT2D eigenvalue weighted by Crippen LogP contribution is -2.13. The van der Waals surface area contributed by atoms with Crippen molar-refractivity contribution in [3.8, 4) is 0 Å². The van der Waals surface area contributed by atoms with Gasteiger partial charge in [-0.25, -0.2) is 15.0 Å². The van der Waals surface area contributed by atoms with Crippen LogP contribution in [0.5, 0.6) is 0 Å². The van der Waals surface area contributed by atoms with Crippen molar-refractivity contribution in [1.29, 1.82) is 0 Å². The molecule has 2 rings (SSSR count). The molecule has 0 aliphatic carbocycles. The van der Waals surface area contributed by atoms with Crippen molar-refractivity contribution in [1.82, 2.24) is 15.0 Å². The number of hydrogen-bond acceptors (Lipinski definition) is 4. The molecule has 0 atom stereocenters. The first-order valence-electron chi connectivity index (χ1n) is 4.55. The number of nitrogens with zero attached hydrogens (tertiary/aromatic N) is 3. The van der Waals surface area contributed by atoms with E-state index >= 15 is 0 Å². The summed E-state index contributed by atoms with van der Waals surface area (Å²) in [5, 5.41) is 2.86. The van der Waals surface area contributed by atoms with Gasteiger partial charge in [-0.2, -0.15) is 0 Å². The van der Waals surface area contributed by atoms with E-state index in [4.69, 9.17) is 11.6 Å². The van der Waals surface area contributed by atoms with Gasteiger partial charge in [0.2, 0.25) is 0 Å². The van der Waals surface area contributed by atoms with Crippen molar-refractivity contribution in [2.24, 2.45) is 0 Å². The molecule has 5 nitrogen and oxygen atoms in total. The molecule has 1 N–H and O–H groups in total. The van der Waals surface area contributed by atoms with Gasteiger partial charge in [0.05, 0.1) is 12.4 Å². The minimum absolute atomic E-state index is 0.263. The molecule has 2 aromatic rings. The van der Waals surface area contributed by atoms with Gasteiger partial charge in [0.25, 0.3) is 5.91 Å². The lowest BCUT2D eigenvalue weighted by Gasteiger charge is -2.03. The van der Waals surface area contributed by atoms with Gasteiger partial charge >= 0.3 is 0 Å². The van der Waals surface area contributed by atoms with Gasteiger partial charge < -0.3 is 5.32 Å². The Kier molecular flexibility index (Phi) is 3.65. The van der Waals surface area contributed by atoms with Crippen LogP contribution in [0.1, 0.15) is 10.4 Å². The molecule has 1 amide bonds. The Balaban J connectivity index is 2.14. The van der Waals surface area contributed by atoms with Crippen LogP contribution in [0.3, 0.4) is 0 Å². The van der Waals surface area contributed by atoms with Crippen molar-refractivity contribution in [3.63, 3.8) is 0 Å². The smallest absolute Gasteiger partial charge is 0.257 e. The fourth-order valence-corrected chi connectivity index (χ4v) is 1.49. The molecule has 17 heavy (non-hydrogen) atoms. The van der Waals surface area contributed by atoms with Gasteiger partial charge in [-0.15, -0.1) is 0 Å². The molecule has 0 bridgehead atoms. The van der Waals surface area contributed by atoms with E-state index < -0.39 is 0 Å². The third-order valence-electron chi connectivity index (χ3n) is 1.85. The molecule has 0 saturated heterocycles. The highest BCUT2D eigenvalue weighted by molar-refractivity contribution is 9.10. The zero-order chi connectivity index (χ0) is 12.3. The fraction of sp³-hybridized carbons (Fsp3) is 0. The molecule has 0 spiro atoms. The topological polar surface area (TPSA) is 67.8 Å². The summed E-state index contributed by atoms with van der Waals surface area (Å²) in [4.78, 5) is 23.5. The van der Waals surface area contributed by atoms with Crippen LogP contribution >= 0.6 is 27.5 Å². The van der Waals surface area contributed by atoms with E-state index in [0.717, 1.165) is 0 Å². The van der Waals surface area contributed by atoms with Crippen molar-refractivity contribution >= 4 is 39.3 Å². The lowest BCUT2D eigenvalue weighted by molar-refractivity contribution is 0.102. The van der Waals surface area contributed by atoms with Gasteiger partial charge in [0.15, 0.2) is 5.82 Å². The highest BCUT2D eigenvalue weighted by Crippen LogP contribution is 2.10. The third-order valence-corrected chi connectivity index (χ3v) is 2.47. The molecular weight excluding hydrogens is 307 g/mol. The van der Waals surface area contributed by atoms with E-state index in [-0.39, 0.29) is 11.1 Å². The summed E-state index contributed by atoms with van der Waals surface area (Å²) in [6.07, 6.45) is 4.41. The first-order valence-corrected chi connectivity index (χ1v) is 5.73. The molecule has 0 aliphatic heterocycles. The van der Waals surface area contributed by atoms with E-state index in [1.165, 1.54) is 24.7 Å². The number of pyridine rings is 1. The normalized spacial score (nSPS) is 10.0. The monoisotopic (exact) mass is 312 g/mol. The number of carbonyl (C=O) groups excluding carboxylic acids is 1. The van der Waals surface area contributed by atoms with Gasteiger partial charge in [0.1, 0.15) is 9.76 Å². The summed E-state index contributed by atoms with van der Waals surface area (Å²) in [7, 11) is 0. The summed E-state index contributed by atoms with van der Waals surface area (Å²) >= 11 is 8.84. The average molecular weight is 314 g/mol. The second-order valence-electron chi connectivity index (χ2n) is 3.05. The van der Waals surface area contributed by atoms with E-state index in [1.807, 2.05) is 0 Å². The minimum Gasteiger partial charge on any atom is -0.305 e. The van der Waals surface area contributed by atoms with Crippen molar-refractivity contribution in [2.45, 2.75) is 0 Å². The molecule has 0 unspecified atom stereocenters. The Morgan fingerprint density at radius 3 is 2.76 bits per heavy atom. The van der Waals surface area contributed by atoms with Crippen LogP contribution in [-0.2, 0) is 0 Å². The van der Waals surface area contributed by atoms with Gasteiger partial charge in [-0.05, 0) is 28.1 Å². The summed E-state index contributed by atoms with van der Waals surface area (Å²) in [5.74, 6) is 0.0528. The quantitative estimate of drug-likeness (QED) is 0.865. The summed E-state index contributed by atoms with van der Waals surface area (Å²) in [5.41, 5.74) is 0.412. The fourth-order valence-electron chi connectivity index (χ4n) is 1.11. The van der Waals surface area contributed by atoms with Crippen LogP contribution in [0.2, 0.25) is 5.15 Å². The standard InChI is InChI=1S/C10H6BrClN4O/c11-7-4-15-9(5-14-7)16-10(17)6-1-2-13-8(12)3-6/h1-5H,(H,15,16,17). The van der Waals surface area contributed by atoms with Gasteiger partial charge in [-0.3, -0.25) is 4.79 Å². The zero-order valence-corrected chi connectivity index (χ0v) is 10.7. The van der Waals surface area contributed by atoms with E-state index in [1.54, 1.807) is 6.07 Å². The van der Waals surface area contributed by atoms with Crippen molar-refractivity contribution in [2.75, 3.05) is 5.32 Å². The number of anilines is 1. The molecule has 0 radical (unpaired) electrons.